The van der Waals surface area contributed by atoms with Crippen molar-refractivity contribution in [1.29, 1.82) is 0 Å². The summed E-state index contributed by atoms with van der Waals surface area (Å²) in [7, 11) is 0. The molecule has 1 N–H and O–H groups in total. The Kier molecular flexibility index (Phi) is 3.48. The Morgan fingerprint density at radius 2 is 2.12 bits per heavy atom. The molecular weight excluding hydrogens is 232 g/mol. The van der Waals surface area contributed by atoms with Crippen LogP contribution in [0.15, 0.2) is 23.1 Å². The third kappa shape index (κ3) is 3.25. The summed E-state index contributed by atoms with van der Waals surface area (Å²) in [5, 5.41) is 8.88. The Bertz CT molecular complexity index is 436. The largest absolute Gasteiger partial charge is 0.481 e. The van der Waals surface area contributed by atoms with Gasteiger partial charge in [0.1, 0.15) is 0 Å². The molecular formula is C14H18O2S. The highest BCUT2D eigenvalue weighted by Gasteiger charge is 2.44. The van der Waals surface area contributed by atoms with Crippen molar-refractivity contribution < 1.29 is 9.90 Å². The summed E-state index contributed by atoms with van der Waals surface area (Å²) in [6, 6.07) is 6.44. The van der Waals surface area contributed by atoms with Gasteiger partial charge in [-0.05, 0) is 43.7 Å². The predicted octanol–water partition coefficient (Wildman–Crippen LogP) is 3.65. The van der Waals surface area contributed by atoms with Crippen LogP contribution in [0, 0.1) is 19.3 Å². The lowest BCUT2D eigenvalue weighted by molar-refractivity contribution is -0.138. The minimum Gasteiger partial charge on any atom is -0.481 e. The van der Waals surface area contributed by atoms with E-state index in [2.05, 4.69) is 32.0 Å². The predicted molar refractivity (Wildman–Crippen MR) is 70.6 cm³/mol. The van der Waals surface area contributed by atoms with Gasteiger partial charge in [-0.2, -0.15) is 0 Å². The number of aliphatic carboxylic acids is 1. The van der Waals surface area contributed by atoms with E-state index < -0.39 is 5.97 Å². The van der Waals surface area contributed by atoms with Crippen molar-refractivity contribution >= 4 is 17.7 Å². The molecule has 0 aliphatic heterocycles. The smallest absolute Gasteiger partial charge is 0.303 e. The number of carboxylic acid groups (broad SMARTS) is 1. The van der Waals surface area contributed by atoms with Gasteiger partial charge in [-0.3, -0.25) is 4.79 Å². The third-order valence-electron chi connectivity index (χ3n) is 3.36. The normalized spacial score (nSPS) is 16.8. The zero-order chi connectivity index (χ0) is 12.5. The molecule has 0 aromatic heterocycles. The van der Waals surface area contributed by atoms with Crippen LogP contribution in [0.25, 0.3) is 0 Å². The van der Waals surface area contributed by atoms with Gasteiger partial charge in [-0.1, -0.05) is 17.7 Å². The molecule has 0 spiro atoms. The van der Waals surface area contributed by atoms with Gasteiger partial charge in [-0.25, -0.2) is 0 Å². The van der Waals surface area contributed by atoms with E-state index in [0.717, 1.165) is 18.6 Å². The summed E-state index contributed by atoms with van der Waals surface area (Å²) < 4.78 is 0. The maximum absolute atomic E-state index is 10.8. The monoisotopic (exact) mass is 250 g/mol. The quantitative estimate of drug-likeness (QED) is 0.810. The number of rotatable bonds is 5. The summed E-state index contributed by atoms with van der Waals surface area (Å²) >= 11 is 1.81. The van der Waals surface area contributed by atoms with Crippen LogP contribution in [-0.4, -0.2) is 16.8 Å². The van der Waals surface area contributed by atoms with E-state index in [-0.39, 0.29) is 5.41 Å². The summed E-state index contributed by atoms with van der Waals surface area (Å²) in [5.41, 5.74) is 2.63. The Morgan fingerprint density at radius 3 is 2.71 bits per heavy atom. The van der Waals surface area contributed by atoms with Crippen molar-refractivity contribution in [3.8, 4) is 0 Å². The first-order valence-electron chi connectivity index (χ1n) is 5.93. The first-order valence-corrected chi connectivity index (χ1v) is 6.91. The lowest BCUT2D eigenvalue weighted by Crippen LogP contribution is -2.11. The molecule has 0 radical (unpaired) electrons. The van der Waals surface area contributed by atoms with Crippen LogP contribution in [0.4, 0.5) is 0 Å². The topological polar surface area (TPSA) is 37.3 Å². The van der Waals surface area contributed by atoms with E-state index in [1.807, 2.05) is 11.8 Å². The van der Waals surface area contributed by atoms with Gasteiger partial charge in [0, 0.05) is 10.6 Å². The minimum atomic E-state index is -0.663. The van der Waals surface area contributed by atoms with Crippen LogP contribution in [0.2, 0.25) is 0 Å². The van der Waals surface area contributed by atoms with Crippen LogP contribution in [0.5, 0.6) is 0 Å². The minimum absolute atomic E-state index is 0.0761. The highest BCUT2D eigenvalue weighted by atomic mass is 32.2. The zero-order valence-corrected chi connectivity index (χ0v) is 11.1. The summed E-state index contributed by atoms with van der Waals surface area (Å²) in [4.78, 5) is 12.1. The van der Waals surface area contributed by atoms with E-state index in [0.29, 0.717) is 6.42 Å². The third-order valence-corrected chi connectivity index (χ3v) is 4.87. The van der Waals surface area contributed by atoms with Crippen molar-refractivity contribution in [2.24, 2.45) is 5.41 Å². The molecule has 1 aliphatic rings. The van der Waals surface area contributed by atoms with Crippen molar-refractivity contribution in [3.63, 3.8) is 0 Å². The van der Waals surface area contributed by atoms with E-state index in [1.54, 1.807) is 0 Å². The van der Waals surface area contributed by atoms with Crippen LogP contribution in [0.1, 0.15) is 30.4 Å². The van der Waals surface area contributed by atoms with E-state index in [9.17, 15) is 4.79 Å². The first-order chi connectivity index (χ1) is 8.01. The lowest BCUT2D eigenvalue weighted by atomic mass is 10.1. The zero-order valence-electron chi connectivity index (χ0n) is 10.3. The van der Waals surface area contributed by atoms with Crippen LogP contribution in [0.3, 0.4) is 0 Å². The fraction of sp³-hybridized carbons (Fsp3) is 0.500. The van der Waals surface area contributed by atoms with Crippen molar-refractivity contribution in [2.75, 3.05) is 5.75 Å². The fourth-order valence-electron chi connectivity index (χ4n) is 1.96. The van der Waals surface area contributed by atoms with Crippen molar-refractivity contribution in [2.45, 2.75) is 38.0 Å². The number of hydrogen-bond acceptors (Lipinski definition) is 2. The second-order valence-corrected chi connectivity index (χ2v) is 6.15. The Balaban J connectivity index is 1.98. The molecule has 0 atom stereocenters. The lowest BCUT2D eigenvalue weighted by Gasteiger charge is -2.13. The molecule has 0 saturated heterocycles. The number of hydrogen-bond donors (Lipinski definition) is 1. The molecule has 0 amide bonds. The molecule has 3 heteroatoms. The molecule has 0 unspecified atom stereocenters. The molecule has 17 heavy (non-hydrogen) atoms. The van der Waals surface area contributed by atoms with Crippen LogP contribution in [-0.2, 0) is 4.79 Å². The SMILES string of the molecule is Cc1ccc(C)c(SCC2(CC(=O)O)CC2)c1. The van der Waals surface area contributed by atoms with Crippen molar-refractivity contribution in [1.82, 2.24) is 0 Å². The van der Waals surface area contributed by atoms with E-state index in [4.69, 9.17) is 5.11 Å². The van der Waals surface area contributed by atoms with Gasteiger partial charge in [-0.15, -0.1) is 11.8 Å². The van der Waals surface area contributed by atoms with Gasteiger partial charge in [0.2, 0.25) is 0 Å². The molecule has 1 aromatic carbocycles. The summed E-state index contributed by atoms with van der Waals surface area (Å²) in [5.74, 6) is 0.271. The Hall–Kier alpha value is -0.960. The van der Waals surface area contributed by atoms with Gasteiger partial charge < -0.3 is 5.11 Å². The molecule has 2 rings (SSSR count). The van der Waals surface area contributed by atoms with Gasteiger partial charge in [0.15, 0.2) is 0 Å². The highest BCUT2D eigenvalue weighted by molar-refractivity contribution is 7.99. The Morgan fingerprint density at radius 1 is 1.41 bits per heavy atom. The first kappa shape index (κ1) is 12.5. The van der Waals surface area contributed by atoms with Gasteiger partial charge in [0.05, 0.1) is 6.42 Å². The number of carbonyl (C=O) groups is 1. The average molecular weight is 250 g/mol. The number of aryl methyl sites for hydroxylation is 2. The summed E-state index contributed by atoms with van der Waals surface area (Å²) in [6.07, 6.45) is 2.46. The molecule has 0 bridgehead atoms. The Labute approximate surface area is 106 Å². The van der Waals surface area contributed by atoms with Crippen LogP contribution >= 0.6 is 11.8 Å². The van der Waals surface area contributed by atoms with Crippen LogP contribution < -0.4 is 0 Å². The van der Waals surface area contributed by atoms with E-state index >= 15 is 0 Å². The number of benzene rings is 1. The molecule has 1 fully saturated rings. The standard InChI is InChI=1S/C14H18O2S/c1-10-3-4-11(2)12(7-10)17-9-14(5-6-14)8-13(15)16/h3-4,7H,5-6,8-9H2,1-2H3,(H,15,16). The fourth-order valence-corrected chi connectivity index (χ4v) is 3.38. The van der Waals surface area contributed by atoms with Gasteiger partial charge >= 0.3 is 5.97 Å². The maximum Gasteiger partial charge on any atom is 0.303 e. The molecule has 0 heterocycles. The molecule has 1 aromatic rings. The number of thioether (sulfide) groups is 1. The summed E-state index contributed by atoms with van der Waals surface area (Å²) in [6.45, 7) is 4.20. The molecule has 1 aliphatic carbocycles. The van der Waals surface area contributed by atoms with Gasteiger partial charge in [0.25, 0.3) is 0 Å². The maximum atomic E-state index is 10.8. The van der Waals surface area contributed by atoms with E-state index in [1.165, 1.54) is 16.0 Å². The second-order valence-electron chi connectivity index (χ2n) is 5.13. The molecule has 92 valence electrons. The molecule has 2 nitrogen and oxygen atoms in total. The second kappa shape index (κ2) is 4.73. The highest BCUT2D eigenvalue weighted by Crippen LogP contribution is 2.52. The average Bonchev–Trinajstić information content (AvgIpc) is 2.99. The number of carboxylic acids is 1. The van der Waals surface area contributed by atoms with Crippen molar-refractivity contribution in [3.05, 3.63) is 29.3 Å². The molecule has 1 saturated carbocycles.